The summed E-state index contributed by atoms with van der Waals surface area (Å²) in [7, 11) is 0. The molecule has 1 amide bonds. The highest BCUT2D eigenvalue weighted by Crippen LogP contribution is 2.34. The fourth-order valence-electron chi connectivity index (χ4n) is 3.26. The maximum absolute atomic E-state index is 11.6. The number of carbonyl (C=O) groups is 1. The van der Waals surface area contributed by atoms with Gasteiger partial charge in [0.1, 0.15) is 5.82 Å². The third-order valence-corrected chi connectivity index (χ3v) is 4.52. The number of nitriles is 1. The van der Waals surface area contributed by atoms with Crippen molar-refractivity contribution in [2.24, 2.45) is 0 Å². The molecule has 1 N–H and O–H groups in total. The van der Waals surface area contributed by atoms with Crippen molar-refractivity contribution in [2.45, 2.75) is 18.6 Å². The summed E-state index contributed by atoms with van der Waals surface area (Å²) in [4.78, 5) is 18.3. The van der Waals surface area contributed by atoms with Crippen LogP contribution in [0.2, 0.25) is 0 Å². The molecule has 0 bridgehead atoms. The zero-order valence-electron chi connectivity index (χ0n) is 14.1. The van der Waals surface area contributed by atoms with Gasteiger partial charge in [-0.2, -0.15) is 5.26 Å². The zero-order chi connectivity index (χ0) is 17.9. The summed E-state index contributed by atoms with van der Waals surface area (Å²) in [5, 5.41) is 11.8. The zero-order valence-corrected chi connectivity index (χ0v) is 14.1. The van der Waals surface area contributed by atoms with Crippen LogP contribution < -0.4 is 15.0 Å². The summed E-state index contributed by atoms with van der Waals surface area (Å²) in [6.45, 7) is 1.02. The summed E-state index contributed by atoms with van der Waals surface area (Å²) < 4.78 is 11.3. The lowest BCUT2D eigenvalue weighted by molar-refractivity contribution is -0.118. The Hall–Kier alpha value is -3.11. The minimum atomic E-state index is -0.217. The number of carbonyl (C=O) groups excluding carboxylic acids is 1. The summed E-state index contributed by atoms with van der Waals surface area (Å²) in [5.74, 6) is 1.49. The van der Waals surface area contributed by atoms with Crippen LogP contribution in [0.25, 0.3) is 0 Å². The average Bonchev–Trinajstić information content (AvgIpc) is 2.68. The van der Waals surface area contributed by atoms with Crippen molar-refractivity contribution in [1.29, 1.82) is 5.26 Å². The molecule has 1 fully saturated rings. The molecule has 1 saturated heterocycles. The number of anilines is 2. The number of rotatable bonds is 3. The topological polar surface area (TPSA) is 87.5 Å². The molecule has 1 aromatic heterocycles. The van der Waals surface area contributed by atoms with Gasteiger partial charge in [0.15, 0.2) is 18.2 Å². The molecule has 0 unspecified atom stereocenters. The lowest BCUT2D eigenvalue weighted by atomic mass is 10.0. The van der Waals surface area contributed by atoms with Gasteiger partial charge < -0.3 is 19.7 Å². The highest BCUT2D eigenvalue weighted by molar-refractivity contribution is 5.94. The van der Waals surface area contributed by atoms with Crippen LogP contribution in [0.4, 0.5) is 11.6 Å². The van der Waals surface area contributed by atoms with Gasteiger partial charge in [-0.25, -0.2) is 4.98 Å². The van der Waals surface area contributed by atoms with Crippen LogP contribution in [-0.2, 0) is 9.53 Å². The number of nitrogens with zero attached hydrogens (tertiary/aromatic N) is 3. The molecule has 26 heavy (non-hydrogen) atoms. The fraction of sp³-hybridized carbons (Fsp3) is 0.316. The Morgan fingerprint density at radius 2 is 2.12 bits per heavy atom. The Balaban J connectivity index is 1.68. The van der Waals surface area contributed by atoms with Crippen molar-refractivity contribution in [3.63, 3.8) is 0 Å². The Bertz CT molecular complexity index is 850. The summed E-state index contributed by atoms with van der Waals surface area (Å²) in [5.41, 5.74) is 1.11. The predicted octanol–water partition coefficient (Wildman–Crippen LogP) is 2.27. The molecule has 2 atom stereocenters. The van der Waals surface area contributed by atoms with Gasteiger partial charge in [0.05, 0.1) is 31.2 Å². The third kappa shape index (κ3) is 3.19. The van der Waals surface area contributed by atoms with Crippen LogP contribution in [0.5, 0.6) is 5.75 Å². The van der Waals surface area contributed by atoms with Gasteiger partial charge in [-0.3, -0.25) is 4.79 Å². The molecule has 0 saturated carbocycles. The quantitative estimate of drug-likeness (QED) is 0.914. The fourth-order valence-corrected chi connectivity index (χ4v) is 3.26. The van der Waals surface area contributed by atoms with E-state index in [0.717, 1.165) is 11.4 Å². The lowest BCUT2D eigenvalue weighted by Gasteiger charge is -2.40. The molecular weight excluding hydrogens is 332 g/mol. The Kier molecular flexibility index (Phi) is 4.42. The summed E-state index contributed by atoms with van der Waals surface area (Å²) in [6, 6.07) is 15.9. The van der Waals surface area contributed by atoms with Crippen LogP contribution in [0.3, 0.4) is 0 Å². The van der Waals surface area contributed by atoms with E-state index in [2.05, 4.69) is 33.4 Å². The van der Waals surface area contributed by atoms with E-state index in [1.54, 1.807) is 0 Å². The van der Waals surface area contributed by atoms with Crippen LogP contribution in [0, 0.1) is 11.3 Å². The van der Waals surface area contributed by atoms with Gasteiger partial charge in [0.2, 0.25) is 0 Å². The van der Waals surface area contributed by atoms with Gasteiger partial charge in [0, 0.05) is 6.54 Å². The first kappa shape index (κ1) is 16.4. The number of hydrogen-bond acceptors (Lipinski definition) is 6. The Morgan fingerprint density at radius 3 is 2.92 bits per heavy atom. The molecule has 0 radical (unpaired) electrons. The van der Waals surface area contributed by atoms with Gasteiger partial charge in [0.25, 0.3) is 5.91 Å². The second-order valence-electron chi connectivity index (χ2n) is 6.25. The van der Waals surface area contributed by atoms with Gasteiger partial charge in [-0.1, -0.05) is 30.3 Å². The lowest BCUT2D eigenvalue weighted by Crippen LogP contribution is -2.45. The first-order valence-corrected chi connectivity index (χ1v) is 8.48. The Labute approximate surface area is 151 Å². The maximum Gasteiger partial charge on any atom is 0.263 e. The van der Waals surface area contributed by atoms with Crippen LogP contribution in [0.15, 0.2) is 42.5 Å². The van der Waals surface area contributed by atoms with E-state index in [0.29, 0.717) is 31.1 Å². The molecule has 3 heterocycles. The van der Waals surface area contributed by atoms with E-state index in [-0.39, 0.29) is 24.7 Å². The van der Waals surface area contributed by atoms with Crippen molar-refractivity contribution >= 4 is 17.5 Å². The van der Waals surface area contributed by atoms with Gasteiger partial charge in [-0.05, 0) is 17.7 Å². The van der Waals surface area contributed by atoms with E-state index in [1.807, 2.05) is 30.3 Å². The van der Waals surface area contributed by atoms with E-state index in [1.165, 1.54) is 0 Å². The van der Waals surface area contributed by atoms with Crippen molar-refractivity contribution in [3.8, 4) is 11.8 Å². The van der Waals surface area contributed by atoms with Crippen LogP contribution in [-0.4, -0.2) is 36.8 Å². The molecular formula is C19H18N4O3. The highest BCUT2D eigenvalue weighted by Gasteiger charge is 2.31. The van der Waals surface area contributed by atoms with E-state index in [9.17, 15) is 4.79 Å². The number of amides is 1. The standard InChI is InChI=1S/C19H18N4O3/c20-9-8-14-10-23(15(11-25-14)13-4-2-1-3-5-13)17-7-6-16-19(21-17)22-18(24)12-26-16/h1-7,14-15H,8,10-12H2,(H,21,22,24)/t14-,15+/m1/s1. The first-order chi connectivity index (χ1) is 12.7. The first-order valence-electron chi connectivity index (χ1n) is 8.48. The minimum Gasteiger partial charge on any atom is -0.480 e. The van der Waals surface area contributed by atoms with E-state index < -0.39 is 0 Å². The molecule has 7 nitrogen and oxygen atoms in total. The SMILES string of the molecule is N#CC[C@@H]1CN(c2ccc3c(n2)NC(=O)CO3)[C@H](c2ccccc2)CO1. The normalized spacial score (nSPS) is 22.0. The number of fused-ring (bicyclic) bond motifs is 1. The van der Waals surface area contributed by atoms with E-state index >= 15 is 0 Å². The smallest absolute Gasteiger partial charge is 0.263 e. The van der Waals surface area contributed by atoms with Gasteiger partial charge >= 0.3 is 0 Å². The maximum atomic E-state index is 11.6. The number of benzene rings is 1. The minimum absolute atomic E-state index is 0.00245. The second-order valence-corrected chi connectivity index (χ2v) is 6.25. The number of pyridine rings is 1. The van der Waals surface area contributed by atoms with Crippen LogP contribution in [0.1, 0.15) is 18.0 Å². The average molecular weight is 350 g/mol. The molecule has 7 heteroatoms. The molecule has 4 rings (SSSR count). The highest BCUT2D eigenvalue weighted by atomic mass is 16.5. The number of hydrogen-bond donors (Lipinski definition) is 1. The Morgan fingerprint density at radius 1 is 1.27 bits per heavy atom. The molecule has 2 aromatic rings. The summed E-state index contributed by atoms with van der Waals surface area (Å²) >= 11 is 0. The monoisotopic (exact) mass is 350 g/mol. The largest absolute Gasteiger partial charge is 0.480 e. The molecule has 2 aliphatic rings. The molecule has 0 aliphatic carbocycles. The molecule has 2 aliphatic heterocycles. The van der Waals surface area contributed by atoms with Crippen molar-refractivity contribution in [2.75, 3.05) is 30.0 Å². The van der Waals surface area contributed by atoms with Crippen LogP contribution >= 0.6 is 0 Å². The molecule has 0 spiro atoms. The predicted molar refractivity (Wildman–Crippen MR) is 94.9 cm³/mol. The van der Waals surface area contributed by atoms with Gasteiger partial charge in [-0.15, -0.1) is 0 Å². The third-order valence-electron chi connectivity index (χ3n) is 4.52. The van der Waals surface area contributed by atoms with Crippen molar-refractivity contribution in [3.05, 3.63) is 48.0 Å². The number of aromatic nitrogens is 1. The number of nitrogens with one attached hydrogen (secondary N) is 1. The van der Waals surface area contributed by atoms with E-state index in [4.69, 9.17) is 14.7 Å². The van der Waals surface area contributed by atoms with Crippen molar-refractivity contribution < 1.29 is 14.3 Å². The summed E-state index contributed by atoms with van der Waals surface area (Å²) in [6.07, 6.45) is 0.145. The number of morpholine rings is 1. The van der Waals surface area contributed by atoms with Crippen molar-refractivity contribution in [1.82, 2.24) is 4.98 Å². The molecule has 132 valence electrons. The number of ether oxygens (including phenoxy) is 2. The molecule has 1 aromatic carbocycles. The second kappa shape index (κ2) is 7.02.